The third-order valence-electron chi connectivity index (χ3n) is 3.21. The van der Waals surface area contributed by atoms with E-state index in [0.717, 1.165) is 5.56 Å². The van der Waals surface area contributed by atoms with Gasteiger partial charge in [-0.1, -0.05) is 5.16 Å². The quantitative estimate of drug-likeness (QED) is 0.736. The molecule has 0 spiro atoms. The lowest BCUT2D eigenvalue weighted by atomic mass is 10.3. The second-order valence-corrected chi connectivity index (χ2v) is 5.08. The van der Waals surface area contributed by atoms with Gasteiger partial charge in [-0.25, -0.2) is 4.98 Å². The van der Waals surface area contributed by atoms with Crippen molar-refractivity contribution < 1.29 is 13.7 Å². The smallest absolute Gasteiger partial charge is 0.277 e. The van der Waals surface area contributed by atoms with Gasteiger partial charge in [0.05, 0.1) is 0 Å². The van der Waals surface area contributed by atoms with Crippen LogP contribution in [0, 0.1) is 19.8 Å². The van der Waals surface area contributed by atoms with E-state index in [1.165, 1.54) is 16.3 Å². The van der Waals surface area contributed by atoms with Crippen LogP contribution in [-0.2, 0) is 6.54 Å². The van der Waals surface area contributed by atoms with Gasteiger partial charge in [-0.05, 0) is 31.5 Å². The topological polar surface area (TPSA) is 76.5 Å². The second kappa shape index (κ2) is 5.21. The lowest BCUT2D eigenvalue weighted by Gasteiger charge is -2.12. The first kappa shape index (κ1) is 14.2. The molecule has 0 radical (unpaired) electrons. The van der Waals surface area contributed by atoms with Crippen molar-refractivity contribution in [3.8, 4) is 0 Å². The Labute approximate surface area is 125 Å². The van der Waals surface area contributed by atoms with Crippen LogP contribution in [-0.4, -0.2) is 37.4 Å². The predicted octanol–water partition coefficient (Wildman–Crippen LogP) is 1.75. The van der Waals surface area contributed by atoms with Gasteiger partial charge in [-0.3, -0.25) is 9.20 Å². The molecule has 0 saturated heterocycles. The molecule has 0 unspecified atom stereocenters. The first-order valence-electron chi connectivity index (χ1n) is 6.64. The molecule has 3 aromatic heterocycles. The Morgan fingerprint density at radius 3 is 2.86 bits per heavy atom. The van der Waals surface area contributed by atoms with Crippen LogP contribution in [0.25, 0.3) is 5.65 Å². The van der Waals surface area contributed by atoms with Gasteiger partial charge in [0.15, 0.2) is 11.5 Å². The van der Waals surface area contributed by atoms with E-state index in [-0.39, 0.29) is 18.1 Å². The maximum atomic E-state index is 14.3. The zero-order valence-electron chi connectivity index (χ0n) is 12.4. The molecule has 114 valence electrons. The Kier molecular flexibility index (Phi) is 3.36. The van der Waals surface area contributed by atoms with E-state index in [1.54, 1.807) is 25.3 Å². The highest BCUT2D eigenvalue weighted by Crippen LogP contribution is 2.15. The summed E-state index contributed by atoms with van der Waals surface area (Å²) in [6.07, 6.45) is 1.55. The van der Waals surface area contributed by atoms with E-state index in [9.17, 15) is 9.18 Å². The van der Waals surface area contributed by atoms with E-state index in [1.807, 2.05) is 6.92 Å². The molecule has 0 aliphatic carbocycles. The van der Waals surface area contributed by atoms with Crippen LogP contribution in [0.2, 0.25) is 0 Å². The Balaban J connectivity index is 1.89. The number of hydrogen-bond donors (Lipinski definition) is 0. The monoisotopic (exact) mass is 303 g/mol. The highest BCUT2D eigenvalue weighted by atomic mass is 19.1. The van der Waals surface area contributed by atoms with Crippen LogP contribution in [0.5, 0.6) is 0 Å². The number of halogens is 1. The van der Waals surface area contributed by atoms with Gasteiger partial charge in [0.1, 0.15) is 12.2 Å². The number of hydrogen-bond acceptors (Lipinski definition) is 5. The second-order valence-electron chi connectivity index (χ2n) is 5.08. The summed E-state index contributed by atoms with van der Waals surface area (Å²) in [5.74, 6) is -0.470. The summed E-state index contributed by atoms with van der Waals surface area (Å²) >= 11 is 0. The fraction of sp³-hybridized carbons (Fsp3) is 0.286. The van der Waals surface area contributed by atoms with Gasteiger partial charge in [-0.15, -0.1) is 0 Å². The van der Waals surface area contributed by atoms with E-state index in [2.05, 4.69) is 15.1 Å². The maximum Gasteiger partial charge on any atom is 0.277 e. The minimum absolute atomic E-state index is 0.0893. The van der Waals surface area contributed by atoms with E-state index >= 15 is 0 Å². The van der Waals surface area contributed by atoms with Crippen LogP contribution < -0.4 is 0 Å². The molecule has 0 atom stereocenters. The molecule has 0 bridgehead atoms. The van der Waals surface area contributed by atoms with Crippen molar-refractivity contribution in [1.29, 1.82) is 0 Å². The maximum absolute atomic E-state index is 14.3. The van der Waals surface area contributed by atoms with Crippen molar-refractivity contribution in [1.82, 2.24) is 24.4 Å². The molecule has 3 rings (SSSR count). The zero-order valence-corrected chi connectivity index (χ0v) is 12.4. The highest BCUT2D eigenvalue weighted by Gasteiger charge is 2.23. The van der Waals surface area contributed by atoms with Gasteiger partial charge in [0.2, 0.25) is 11.8 Å². The molecule has 3 heterocycles. The fourth-order valence-electron chi connectivity index (χ4n) is 2.11. The molecule has 0 aliphatic heterocycles. The predicted molar refractivity (Wildman–Crippen MR) is 74.7 cm³/mol. The number of aromatic nitrogens is 4. The number of rotatable bonds is 3. The summed E-state index contributed by atoms with van der Waals surface area (Å²) in [5, 5.41) is 3.65. The summed E-state index contributed by atoms with van der Waals surface area (Å²) < 4.78 is 20.5. The number of fused-ring (bicyclic) bond motifs is 1. The first-order chi connectivity index (χ1) is 10.5. The molecule has 0 saturated carbocycles. The molecule has 22 heavy (non-hydrogen) atoms. The summed E-state index contributed by atoms with van der Waals surface area (Å²) in [6.45, 7) is 3.64. The molecular weight excluding hydrogens is 289 g/mol. The van der Waals surface area contributed by atoms with Crippen molar-refractivity contribution >= 4 is 11.6 Å². The number of carbonyl (C=O) groups excluding carboxylic acids is 1. The van der Waals surface area contributed by atoms with Gasteiger partial charge in [-0.2, -0.15) is 9.37 Å². The number of carbonyl (C=O) groups is 1. The largest absolute Gasteiger partial charge is 0.337 e. The normalized spacial score (nSPS) is 11.1. The number of aryl methyl sites for hydroxylation is 2. The van der Waals surface area contributed by atoms with Crippen LogP contribution >= 0.6 is 0 Å². The van der Waals surface area contributed by atoms with Crippen molar-refractivity contribution in [3.05, 3.63) is 47.2 Å². The Hall–Kier alpha value is -2.77. The highest BCUT2D eigenvalue weighted by molar-refractivity contribution is 5.93. The molecular formula is C14H14FN5O2. The standard InChI is InChI=1S/C14H14FN5O2/c1-8-4-5-20-10(6-8)17-12(13(20)15)14(21)19(3)7-11-16-9(2)18-22-11/h4-6H,7H2,1-3H3. The molecule has 0 N–H and O–H groups in total. The van der Waals surface area contributed by atoms with Crippen molar-refractivity contribution in [3.63, 3.8) is 0 Å². The van der Waals surface area contributed by atoms with Crippen LogP contribution in [0.1, 0.15) is 27.8 Å². The minimum atomic E-state index is -0.687. The third kappa shape index (κ3) is 2.43. The Bertz CT molecular complexity index is 854. The summed E-state index contributed by atoms with van der Waals surface area (Å²) in [4.78, 5) is 21.7. The molecule has 1 amide bonds. The zero-order chi connectivity index (χ0) is 15.9. The van der Waals surface area contributed by atoms with E-state index in [4.69, 9.17) is 4.52 Å². The third-order valence-corrected chi connectivity index (χ3v) is 3.21. The van der Waals surface area contributed by atoms with Gasteiger partial charge >= 0.3 is 0 Å². The molecule has 0 aliphatic rings. The molecule has 0 fully saturated rings. The van der Waals surface area contributed by atoms with E-state index < -0.39 is 11.9 Å². The van der Waals surface area contributed by atoms with Gasteiger partial charge in [0.25, 0.3) is 5.91 Å². The number of amides is 1. The average Bonchev–Trinajstić information content (AvgIpc) is 3.02. The first-order valence-corrected chi connectivity index (χ1v) is 6.64. The fourth-order valence-corrected chi connectivity index (χ4v) is 2.11. The summed E-state index contributed by atoms with van der Waals surface area (Å²) in [6, 6.07) is 3.46. The molecule has 7 nitrogen and oxygen atoms in total. The Morgan fingerprint density at radius 1 is 1.41 bits per heavy atom. The van der Waals surface area contributed by atoms with E-state index in [0.29, 0.717) is 11.5 Å². The Morgan fingerprint density at radius 2 is 2.18 bits per heavy atom. The van der Waals surface area contributed by atoms with Gasteiger partial charge in [0, 0.05) is 13.2 Å². The average molecular weight is 303 g/mol. The lowest BCUT2D eigenvalue weighted by molar-refractivity contribution is 0.0759. The summed E-state index contributed by atoms with van der Waals surface area (Å²) in [7, 11) is 1.52. The minimum Gasteiger partial charge on any atom is -0.337 e. The van der Waals surface area contributed by atoms with Crippen LogP contribution in [0.15, 0.2) is 22.9 Å². The molecule has 3 aromatic rings. The van der Waals surface area contributed by atoms with Gasteiger partial charge < -0.3 is 9.42 Å². The molecule has 8 heteroatoms. The van der Waals surface area contributed by atoms with Crippen molar-refractivity contribution in [2.24, 2.45) is 0 Å². The van der Waals surface area contributed by atoms with Crippen LogP contribution in [0.3, 0.4) is 0 Å². The van der Waals surface area contributed by atoms with Crippen molar-refractivity contribution in [2.45, 2.75) is 20.4 Å². The summed E-state index contributed by atoms with van der Waals surface area (Å²) in [5.41, 5.74) is 1.10. The molecule has 0 aromatic carbocycles. The number of nitrogens with zero attached hydrogens (tertiary/aromatic N) is 5. The SMILES string of the molecule is Cc1ccn2c(F)c(C(=O)N(C)Cc3nc(C)no3)nc2c1. The number of pyridine rings is 1. The van der Waals surface area contributed by atoms with Crippen LogP contribution in [0.4, 0.5) is 4.39 Å². The number of imidazole rings is 1. The van der Waals surface area contributed by atoms with Crippen molar-refractivity contribution in [2.75, 3.05) is 7.05 Å². The lowest BCUT2D eigenvalue weighted by Crippen LogP contribution is -2.27.